The Morgan fingerprint density at radius 2 is 2.42 bits per heavy atom. The van der Waals surface area contributed by atoms with Crippen LogP contribution in [0, 0.1) is 17.3 Å². The number of carboxylic acids is 1. The molecule has 0 amide bonds. The lowest BCUT2D eigenvalue weighted by Crippen LogP contribution is -2.46. The first-order valence-electron chi connectivity index (χ1n) is 4.47. The maximum absolute atomic E-state index is 10.7. The SMILES string of the molecule is C=C1CCC2C(C(=O)O)CC12C. The van der Waals surface area contributed by atoms with Crippen LogP contribution in [-0.4, -0.2) is 11.1 Å². The van der Waals surface area contributed by atoms with Crippen LogP contribution in [0.25, 0.3) is 0 Å². The van der Waals surface area contributed by atoms with Gasteiger partial charge >= 0.3 is 5.97 Å². The molecule has 3 atom stereocenters. The molecule has 0 radical (unpaired) electrons. The monoisotopic (exact) mass is 166 g/mol. The van der Waals surface area contributed by atoms with Crippen molar-refractivity contribution in [1.82, 2.24) is 0 Å². The summed E-state index contributed by atoms with van der Waals surface area (Å²) in [5.41, 5.74) is 1.44. The van der Waals surface area contributed by atoms with E-state index in [-0.39, 0.29) is 11.3 Å². The third-order valence-electron chi connectivity index (χ3n) is 3.83. The Morgan fingerprint density at radius 1 is 1.75 bits per heavy atom. The van der Waals surface area contributed by atoms with Gasteiger partial charge in [0.05, 0.1) is 5.92 Å². The Labute approximate surface area is 72.3 Å². The quantitative estimate of drug-likeness (QED) is 0.605. The lowest BCUT2D eigenvalue weighted by molar-refractivity contribution is -0.153. The van der Waals surface area contributed by atoms with E-state index in [1.54, 1.807) is 0 Å². The first kappa shape index (κ1) is 7.84. The molecule has 2 heteroatoms. The fraction of sp³-hybridized carbons (Fsp3) is 0.700. The highest BCUT2D eigenvalue weighted by atomic mass is 16.4. The van der Waals surface area contributed by atoms with Crippen molar-refractivity contribution in [2.75, 3.05) is 0 Å². The summed E-state index contributed by atoms with van der Waals surface area (Å²) in [6.07, 6.45) is 2.88. The van der Waals surface area contributed by atoms with Gasteiger partial charge in [-0.25, -0.2) is 0 Å². The molecule has 12 heavy (non-hydrogen) atoms. The summed E-state index contributed by atoms with van der Waals surface area (Å²) in [4.78, 5) is 10.7. The maximum Gasteiger partial charge on any atom is 0.306 e. The molecule has 0 aromatic carbocycles. The van der Waals surface area contributed by atoms with Gasteiger partial charge in [0.1, 0.15) is 0 Å². The molecule has 0 spiro atoms. The molecular weight excluding hydrogens is 152 g/mol. The summed E-state index contributed by atoms with van der Waals surface area (Å²) in [6.45, 7) is 6.17. The highest BCUT2D eigenvalue weighted by Gasteiger charge is 2.57. The van der Waals surface area contributed by atoms with Crippen LogP contribution in [0.4, 0.5) is 0 Å². The number of carbonyl (C=O) groups is 1. The van der Waals surface area contributed by atoms with Crippen molar-refractivity contribution >= 4 is 5.97 Å². The molecule has 0 bridgehead atoms. The minimum atomic E-state index is -0.618. The van der Waals surface area contributed by atoms with E-state index in [0.29, 0.717) is 5.92 Å². The van der Waals surface area contributed by atoms with Gasteiger partial charge in [-0.15, -0.1) is 0 Å². The maximum atomic E-state index is 10.7. The average molecular weight is 166 g/mol. The zero-order chi connectivity index (χ0) is 8.93. The number of carboxylic acid groups (broad SMARTS) is 1. The minimum Gasteiger partial charge on any atom is -0.481 e. The number of hydrogen-bond donors (Lipinski definition) is 1. The molecule has 1 N–H and O–H groups in total. The molecule has 2 rings (SSSR count). The zero-order valence-electron chi connectivity index (χ0n) is 7.34. The van der Waals surface area contributed by atoms with Crippen LogP contribution in [0.3, 0.4) is 0 Å². The van der Waals surface area contributed by atoms with Gasteiger partial charge in [-0.3, -0.25) is 4.79 Å². The third kappa shape index (κ3) is 0.728. The summed E-state index contributed by atoms with van der Waals surface area (Å²) >= 11 is 0. The van der Waals surface area contributed by atoms with Gasteiger partial charge in [0.25, 0.3) is 0 Å². The number of allylic oxidation sites excluding steroid dienone is 1. The topological polar surface area (TPSA) is 37.3 Å². The summed E-state index contributed by atoms with van der Waals surface area (Å²) in [6, 6.07) is 0. The number of hydrogen-bond acceptors (Lipinski definition) is 1. The molecule has 2 saturated carbocycles. The van der Waals surface area contributed by atoms with Crippen LogP contribution in [0.5, 0.6) is 0 Å². The Morgan fingerprint density at radius 3 is 2.92 bits per heavy atom. The van der Waals surface area contributed by atoms with Crippen LogP contribution in [-0.2, 0) is 4.79 Å². The van der Waals surface area contributed by atoms with Crippen LogP contribution in [0.2, 0.25) is 0 Å². The Balaban J connectivity index is 2.18. The van der Waals surface area contributed by atoms with Crippen molar-refractivity contribution in [3.63, 3.8) is 0 Å². The van der Waals surface area contributed by atoms with E-state index >= 15 is 0 Å². The van der Waals surface area contributed by atoms with E-state index in [2.05, 4.69) is 13.5 Å². The van der Waals surface area contributed by atoms with Crippen molar-refractivity contribution in [2.45, 2.75) is 26.2 Å². The number of aliphatic carboxylic acids is 1. The van der Waals surface area contributed by atoms with Crippen molar-refractivity contribution < 1.29 is 9.90 Å². The van der Waals surface area contributed by atoms with Gasteiger partial charge in [-0.2, -0.15) is 0 Å². The van der Waals surface area contributed by atoms with Gasteiger partial charge in [0, 0.05) is 0 Å². The fourth-order valence-electron chi connectivity index (χ4n) is 2.84. The van der Waals surface area contributed by atoms with Crippen molar-refractivity contribution in [1.29, 1.82) is 0 Å². The second kappa shape index (κ2) is 2.12. The van der Waals surface area contributed by atoms with Crippen LogP contribution in [0.15, 0.2) is 12.2 Å². The van der Waals surface area contributed by atoms with Crippen molar-refractivity contribution in [3.05, 3.63) is 12.2 Å². The number of rotatable bonds is 1. The molecule has 2 aliphatic rings. The second-order valence-corrected chi connectivity index (χ2v) is 4.32. The average Bonchev–Trinajstić information content (AvgIpc) is 2.15. The van der Waals surface area contributed by atoms with E-state index in [4.69, 9.17) is 5.11 Å². The first-order valence-corrected chi connectivity index (χ1v) is 4.47. The van der Waals surface area contributed by atoms with E-state index in [0.717, 1.165) is 19.3 Å². The van der Waals surface area contributed by atoms with Gasteiger partial charge in [0.2, 0.25) is 0 Å². The summed E-state index contributed by atoms with van der Waals surface area (Å²) in [5.74, 6) is -0.330. The lowest BCUT2D eigenvalue weighted by atomic mass is 9.55. The van der Waals surface area contributed by atoms with Gasteiger partial charge < -0.3 is 5.11 Å². The summed E-state index contributed by atoms with van der Waals surface area (Å²) < 4.78 is 0. The van der Waals surface area contributed by atoms with Gasteiger partial charge in [0.15, 0.2) is 0 Å². The molecule has 0 heterocycles. The summed E-state index contributed by atoms with van der Waals surface area (Å²) in [7, 11) is 0. The molecular formula is C10H14O2. The minimum absolute atomic E-state index is 0.0887. The molecule has 66 valence electrons. The van der Waals surface area contributed by atoms with E-state index in [1.165, 1.54) is 5.57 Å². The molecule has 2 nitrogen and oxygen atoms in total. The third-order valence-corrected chi connectivity index (χ3v) is 3.83. The van der Waals surface area contributed by atoms with E-state index in [1.807, 2.05) is 0 Å². The van der Waals surface area contributed by atoms with E-state index < -0.39 is 5.97 Å². The summed E-state index contributed by atoms with van der Waals surface area (Å²) in [5, 5.41) is 8.85. The molecule has 2 aliphatic carbocycles. The van der Waals surface area contributed by atoms with Crippen LogP contribution in [0.1, 0.15) is 26.2 Å². The molecule has 0 saturated heterocycles. The normalized spacial score (nSPS) is 45.2. The Bertz CT molecular complexity index is 257. The fourth-order valence-corrected chi connectivity index (χ4v) is 2.84. The highest BCUT2D eigenvalue weighted by molar-refractivity contribution is 5.72. The molecule has 0 aromatic rings. The second-order valence-electron chi connectivity index (χ2n) is 4.32. The Kier molecular flexibility index (Phi) is 1.39. The largest absolute Gasteiger partial charge is 0.481 e. The van der Waals surface area contributed by atoms with Crippen LogP contribution < -0.4 is 0 Å². The van der Waals surface area contributed by atoms with Crippen molar-refractivity contribution in [2.24, 2.45) is 17.3 Å². The molecule has 3 unspecified atom stereocenters. The zero-order valence-corrected chi connectivity index (χ0v) is 7.34. The Hall–Kier alpha value is -0.790. The van der Waals surface area contributed by atoms with Crippen LogP contribution >= 0.6 is 0 Å². The highest BCUT2D eigenvalue weighted by Crippen LogP contribution is 2.62. The predicted octanol–water partition coefficient (Wildman–Crippen LogP) is 2.06. The standard InChI is InChI=1S/C10H14O2/c1-6-3-4-8-7(9(11)12)5-10(6,8)2/h7-8H,1,3-5H2,2H3,(H,11,12). The number of fused-ring (bicyclic) bond motifs is 1. The predicted molar refractivity (Wildman–Crippen MR) is 45.7 cm³/mol. The smallest absolute Gasteiger partial charge is 0.306 e. The molecule has 2 fully saturated rings. The van der Waals surface area contributed by atoms with Gasteiger partial charge in [-0.05, 0) is 30.6 Å². The van der Waals surface area contributed by atoms with Crippen molar-refractivity contribution in [3.8, 4) is 0 Å². The molecule has 0 aromatic heterocycles. The molecule has 0 aliphatic heterocycles. The van der Waals surface area contributed by atoms with E-state index in [9.17, 15) is 4.79 Å². The lowest BCUT2D eigenvalue weighted by Gasteiger charge is -2.48. The van der Waals surface area contributed by atoms with Gasteiger partial charge in [-0.1, -0.05) is 19.1 Å². The first-order chi connectivity index (χ1) is 5.55.